The Bertz CT molecular complexity index is 681. The molecule has 0 atom stereocenters. The summed E-state index contributed by atoms with van der Waals surface area (Å²) in [6, 6.07) is 9.03. The van der Waals surface area contributed by atoms with Gasteiger partial charge in [-0.1, -0.05) is 11.6 Å². The van der Waals surface area contributed by atoms with Crippen LogP contribution in [0.25, 0.3) is 0 Å². The Kier molecular flexibility index (Phi) is 5.30. The highest BCUT2D eigenvalue weighted by atomic mass is 79.9. The number of carbonyl (C=O) groups excluding carboxylic acids is 1. The molecule has 110 valence electrons. The lowest BCUT2D eigenvalue weighted by Gasteiger charge is -2.13. The summed E-state index contributed by atoms with van der Waals surface area (Å²) in [5.74, 6) is -0.230. The number of amides is 1. The summed E-state index contributed by atoms with van der Waals surface area (Å²) in [6.07, 6.45) is 0. The zero-order chi connectivity index (χ0) is 15.6. The van der Waals surface area contributed by atoms with E-state index in [-0.39, 0.29) is 5.91 Å². The van der Waals surface area contributed by atoms with E-state index in [0.29, 0.717) is 16.3 Å². The van der Waals surface area contributed by atoms with Crippen molar-refractivity contribution < 1.29 is 4.79 Å². The van der Waals surface area contributed by atoms with Gasteiger partial charge in [-0.15, -0.1) is 0 Å². The third-order valence-corrected chi connectivity index (χ3v) is 4.41. The Morgan fingerprint density at radius 2 is 1.76 bits per heavy atom. The first kappa shape index (κ1) is 16.3. The second-order valence-electron chi connectivity index (χ2n) is 4.50. The number of halogens is 3. The lowest BCUT2D eigenvalue weighted by atomic mass is 10.1. The van der Waals surface area contributed by atoms with Gasteiger partial charge in [0.1, 0.15) is 0 Å². The molecule has 0 bridgehead atoms. The van der Waals surface area contributed by atoms with Crippen molar-refractivity contribution in [3.8, 4) is 0 Å². The molecule has 0 aliphatic heterocycles. The predicted molar refractivity (Wildman–Crippen MR) is 95.5 cm³/mol. The van der Waals surface area contributed by atoms with E-state index in [2.05, 4.69) is 42.5 Å². The molecule has 0 spiro atoms. The van der Waals surface area contributed by atoms with Crippen LogP contribution in [-0.4, -0.2) is 13.0 Å². The van der Waals surface area contributed by atoms with E-state index in [4.69, 9.17) is 11.6 Å². The van der Waals surface area contributed by atoms with Gasteiger partial charge in [0.05, 0.1) is 11.3 Å². The Morgan fingerprint density at radius 1 is 1.14 bits per heavy atom. The smallest absolute Gasteiger partial charge is 0.257 e. The fourth-order valence-electron chi connectivity index (χ4n) is 1.92. The molecule has 0 saturated heterocycles. The van der Waals surface area contributed by atoms with E-state index in [1.807, 2.05) is 19.1 Å². The molecule has 0 aromatic heterocycles. The Balaban J connectivity index is 2.37. The van der Waals surface area contributed by atoms with Crippen molar-refractivity contribution in [1.82, 2.24) is 0 Å². The van der Waals surface area contributed by atoms with Crippen molar-refractivity contribution in [3.63, 3.8) is 0 Å². The maximum atomic E-state index is 12.5. The van der Waals surface area contributed by atoms with Crippen molar-refractivity contribution in [2.24, 2.45) is 0 Å². The van der Waals surface area contributed by atoms with Gasteiger partial charge in [-0.05, 0) is 74.7 Å². The summed E-state index contributed by atoms with van der Waals surface area (Å²) in [6.45, 7) is 1.98. The molecule has 2 N–H and O–H groups in total. The minimum absolute atomic E-state index is 0.230. The molecule has 0 radical (unpaired) electrons. The largest absolute Gasteiger partial charge is 0.387 e. The van der Waals surface area contributed by atoms with Crippen LogP contribution in [0, 0.1) is 6.92 Å². The number of rotatable bonds is 3. The molecule has 6 heteroatoms. The van der Waals surface area contributed by atoms with Gasteiger partial charge in [0, 0.05) is 26.7 Å². The molecule has 2 aromatic carbocycles. The van der Waals surface area contributed by atoms with E-state index < -0.39 is 0 Å². The number of anilines is 2. The van der Waals surface area contributed by atoms with Gasteiger partial charge in [-0.3, -0.25) is 4.79 Å². The number of benzene rings is 2. The second-order valence-corrected chi connectivity index (χ2v) is 6.64. The van der Waals surface area contributed by atoms with Crippen LogP contribution < -0.4 is 10.6 Å². The minimum atomic E-state index is -0.230. The van der Waals surface area contributed by atoms with Crippen molar-refractivity contribution in [2.75, 3.05) is 17.7 Å². The van der Waals surface area contributed by atoms with Crippen LogP contribution in [0.15, 0.2) is 39.3 Å². The minimum Gasteiger partial charge on any atom is -0.387 e. The fourth-order valence-corrected chi connectivity index (χ4v) is 3.71. The third kappa shape index (κ3) is 3.78. The third-order valence-electron chi connectivity index (χ3n) is 2.92. The maximum Gasteiger partial charge on any atom is 0.257 e. The number of hydrogen-bond donors (Lipinski definition) is 2. The Hall–Kier alpha value is -1.04. The molecule has 2 aromatic rings. The standard InChI is InChI=1S/C15H13Br2ClN2O/c1-8-5-11(16)14(12(17)6-8)20-15(21)10-7-9(18)3-4-13(10)19-2/h3-7,19H,1-2H3,(H,20,21). The Labute approximate surface area is 145 Å². The molecule has 0 saturated carbocycles. The van der Waals surface area contributed by atoms with Gasteiger partial charge in [-0.2, -0.15) is 0 Å². The molecule has 0 heterocycles. The number of nitrogens with one attached hydrogen (secondary N) is 2. The lowest BCUT2D eigenvalue weighted by Crippen LogP contribution is -2.15. The first-order valence-corrected chi connectivity index (χ1v) is 8.13. The lowest BCUT2D eigenvalue weighted by molar-refractivity contribution is 0.102. The van der Waals surface area contributed by atoms with Crippen molar-refractivity contribution in [1.29, 1.82) is 0 Å². The molecular formula is C15H13Br2ClN2O. The molecule has 21 heavy (non-hydrogen) atoms. The van der Waals surface area contributed by atoms with Crippen molar-refractivity contribution in [2.45, 2.75) is 6.92 Å². The van der Waals surface area contributed by atoms with E-state index in [9.17, 15) is 4.79 Å². The van der Waals surface area contributed by atoms with Gasteiger partial charge in [-0.25, -0.2) is 0 Å². The van der Waals surface area contributed by atoms with Crippen LogP contribution in [0.1, 0.15) is 15.9 Å². The van der Waals surface area contributed by atoms with Gasteiger partial charge in [0.25, 0.3) is 5.91 Å². The monoisotopic (exact) mass is 430 g/mol. The van der Waals surface area contributed by atoms with Crippen LogP contribution in [0.2, 0.25) is 5.02 Å². The van der Waals surface area contributed by atoms with Gasteiger partial charge < -0.3 is 10.6 Å². The number of hydrogen-bond acceptors (Lipinski definition) is 2. The van der Waals surface area contributed by atoms with Crippen LogP contribution in [0.4, 0.5) is 11.4 Å². The summed E-state index contributed by atoms with van der Waals surface area (Å²) in [5, 5.41) is 6.39. The van der Waals surface area contributed by atoms with Gasteiger partial charge in [0.15, 0.2) is 0 Å². The first-order valence-electron chi connectivity index (χ1n) is 6.16. The average Bonchev–Trinajstić information content (AvgIpc) is 2.42. The average molecular weight is 433 g/mol. The summed E-state index contributed by atoms with van der Waals surface area (Å²) >= 11 is 12.9. The summed E-state index contributed by atoms with van der Waals surface area (Å²) in [7, 11) is 1.76. The molecule has 0 aliphatic rings. The Morgan fingerprint density at radius 3 is 2.33 bits per heavy atom. The molecule has 0 fully saturated rings. The maximum absolute atomic E-state index is 12.5. The van der Waals surface area contributed by atoms with E-state index in [0.717, 1.165) is 20.2 Å². The highest BCUT2D eigenvalue weighted by molar-refractivity contribution is 9.11. The summed E-state index contributed by atoms with van der Waals surface area (Å²) < 4.78 is 1.63. The second kappa shape index (κ2) is 6.81. The highest BCUT2D eigenvalue weighted by Gasteiger charge is 2.15. The van der Waals surface area contributed by atoms with Crippen LogP contribution in [0.5, 0.6) is 0 Å². The van der Waals surface area contributed by atoms with Crippen LogP contribution in [0.3, 0.4) is 0 Å². The predicted octanol–water partition coefficient (Wildman–Crippen LogP) is 5.47. The van der Waals surface area contributed by atoms with Crippen molar-refractivity contribution >= 4 is 60.7 Å². The van der Waals surface area contributed by atoms with Gasteiger partial charge >= 0.3 is 0 Å². The van der Waals surface area contributed by atoms with E-state index in [1.165, 1.54) is 0 Å². The molecule has 3 nitrogen and oxygen atoms in total. The number of aryl methyl sites for hydroxylation is 1. The first-order chi connectivity index (χ1) is 9.92. The summed E-state index contributed by atoms with van der Waals surface area (Å²) in [5.41, 5.74) is 2.98. The molecular weight excluding hydrogens is 419 g/mol. The SMILES string of the molecule is CNc1ccc(Cl)cc1C(=O)Nc1c(Br)cc(C)cc1Br. The van der Waals surface area contributed by atoms with E-state index >= 15 is 0 Å². The quantitative estimate of drug-likeness (QED) is 0.676. The molecule has 1 amide bonds. The van der Waals surface area contributed by atoms with Crippen LogP contribution in [-0.2, 0) is 0 Å². The normalized spacial score (nSPS) is 10.3. The topological polar surface area (TPSA) is 41.1 Å². The molecule has 0 unspecified atom stereocenters. The fraction of sp³-hybridized carbons (Fsp3) is 0.133. The molecule has 0 aliphatic carbocycles. The zero-order valence-electron chi connectivity index (χ0n) is 11.4. The number of carbonyl (C=O) groups is 1. The zero-order valence-corrected chi connectivity index (χ0v) is 15.4. The van der Waals surface area contributed by atoms with Crippen LogP contribution >= 0.6 is 43.5 Å². The van der Waals surface area contributed by atoms with Crippen molar-refractivity contribution in [3.05, 3.63) is 55.4 Å². The van der Waals surface area contributed by atoms with E-state index in [1.54, 1.807) is 25.2 Å². The summed E-state index contributed by atoms with van der Waals surface area (Å²) in [4.78, 5) is 12.5. The highest BCUT2D eigenvalue weighted by Crippen LogP contribution is 2.33. The molecule has 2 rings (SSSR count). The van der Waals surface area contributed by atoms with Gasteiger partial charge in [0.2, 0.25) is 0 Å².